The van der Waals surface area contributed by atoms with Gasteiger partial charge in [0, 0.05) is 12.1 Å². The molecular formula is C15H13FN2O4. The topological polar surface area (TPSA) is 81.5 Å². The van der Waals surface area contributed by atoms with Crippen molar-refractivity contribution in [1.82, 2.24) is 0 Å². The van der Waals surface area contributed by atoms with Gasteiger partial charge in [0.25, 0.3) is 5.69 Å². The van der Waals surface area contributed by atoms with Crippen LogP contribution in [-0.4, -0.2) is 17.9 Å². The lowest BCUT2D eigenvalue weighted by Crippen LogP contribution is -2.14. The summed E-state index contributed by atoms with van der Waals surface area (Å²) in [4.78, 5) is 22.2. The number of hydrogen-bond donors (Lipinski definition) is 1. The Labute approximate surface area is 125 Å². The van der Waals surface area contributed by atoms with E-state index in [9.17, 15) is 19.3 Å². The molecule has 1 N–H and O–H groups in total. The molecule has 0 saturated heterocycles. The van der Waals surface area contributed by atoms with Crippen molar-refractivity contribution in [3.8, 4) is 5.75 Å². The highest BCUT2D eigenvalue weighted by Crippen LogP contribution is 2.25. The Kier molecular flexibility index (Phi) is 4.67. The largest absolute Gasteiger partial charge is 0.496 e. The van der Waals surface area contributed by atoms with Crippen LogP contribution >= 0.6 is 0 Å². The highest BCUT2D eigenvalue weighted by atomic mass is 19.1. The van der Waals surface area contributed by atoms with Gasteiger partial charge in [-0.2, -0.15) is 0 Å². The first-order valence-electron chi connectivity index (χ1n) is 6.35. The maximum absolute atomic E-state index is 12.8. The highest BCUT2D eigenvalue weighted by Gasteiger charge is 2.12. The number of hydrogen-bond acceptors (Lipinski definition) is 4. The van der Waals surface area contributed by atoms with Crippen LogP contribution in [0.15, 0.2) is 42.5 Å². The maximum atomic E-state index is 12.8. The third-order valence-corrected chi connectivity index (χ3v) is 2.90. The van der Waals surface area contributed by atoms with Crippen LogP contribution in [0, 0.1) is 15.9 Å². The number of halogens is 1. The third-order valence-electron chi connectivity index (χ3n) is 2.90. The fourth-order valence-corrected chi connectivity index (χ4v) is 1.87. The van der Waals surface area contributed by atoms with Gasteiger partial charge in [0.05, 0.1) is 30.2 Å². The zero-order valence-electron chi connectivity index (χ0n) is 11.7. The van der Waals surface area contributed by atoms with Gasteiger partial charge < -0.3 is 10.1 Å². The lowest BCUT2D eigenvalue weighted by molar-refractivity contribution is -0.384. The van der Waals surface area contributed by atoms with Crippen molar-refractivity contribution < 1.29 is 18.8 Å². The summed E-state index contributed by atoms with van der Waals surface area (Å²) in [5, 5.41) is 13.4. The number of ether oxygens (including phenoxy) is 1. The number of nitrogens with zero attached hydrogens (tertiary/aromatic N) is 1. The SMILES string of the molecule is COc1cc(NC(=O)Cc2ccc(F)cc2)cc([N+](=O)[O-])c1. The van der Waals surface area contributed by atoms with Gasteiger partial charge in [-0.15, -0.1) is 0 Å². The molecule has 0 spiro atoms. The van der Waals surface area contributed by atoms with Crippen molar-refractivity contribution in [2.24, 2.45) is 0 Å². The van der Waals surface area contributed by atoms with Crippen molar-refractivity contribution in [1.29, 1.82) is 0 Å². The predicted octanol–water partition coefficient (Wildman–Crippen LogP) is 2.92. The molecule has 2 rings (SSSR count). The van der Waals surface area contributed by atoms with E-state index in [2.05, 4.69) is 5.32 Å². The fraction of sp³-hybridized carbons (Fsp3) is 0.133. The van der Waals surface area contributed by atoms with E-state index in [-0.39, 0.29) is 35.3 Å². The number of non-ortho nitro benzene ring substituents is 1. The standard InChI is InChI=1S/C15H13FN2O4/c1-22-14-8-12(7-13(9-14)18(20)21)17-15(19)6-10-2-4-11(16)5-3-10/h2-5,7-9H,6H2,1H3,(H,17,19). The number of amides is 1. The summed E-state index contributed by atoms with van der Waals surface area (Å²) in [5.41, 5.74) is 0.714. The Bertz CT molecular complexity index is 701. The first-order chi connectivity index (χ1) is 10.5. The van der Waals surface area contributed by atoms with Crippen LogP contribution in [0.5, 0.6) is 5.75 Å². The molecule has 0 radical (unpaired) electrons. The Morgan fingerprint density at radius 2 is 1.95 bits per heavy atom. The number of benzene rings is 2. The minimum absolute atomic E-state index is 0.0330. The van der Waals surface area contributed by atoms with Gasteiger partial charge in [0.1, 0.15) is 11.6 Å². The quantitative estimate of drug-likeness (QED) is 0.680. The molecule has 0 atom stereocenters. The second-order valence-electron chi connectivity index (χ2n) is 4.53. The Morgan fingerprint density at radius 1 is 1.27 bits per heavy atom. The Morgan fingerprint density at radius 3 is 2.55 bits per heavy atom. The van der Waals surface area contributed by atoms with Crippen LogP contribution < -0.4 is 10.1 Å². The summed E-state index contributed by atoms with van der Waals surface area (Å²) < 4.78 is 17.8. The van der Waals surface area contributed by atoms with Crippen LogP contribution in [0.4, 0.5) is 15.8 Å². The summed E-state index contributed by atoms with van der Waals surface area (Å²) in [7, 11) is 1.38. The zero-order chi connectivity index (χ0) is 16.1. The molecule has 6 nitrogen and oxygen atoms in total. The van der Waals surface area contributed by atoms with Gasteiger partial charge in [-0.25, -0.2) is 4.39 Å². The number of rotatable bonds is 5. The minimum atomic E-state index is -0.571. The smallest absolute Gasteiger partial charge is 0.275 e. The summed E-state index contributed by atoms with van der Waals surface area (Å²) in [6.07, 6.45) is 0.0330. The van der Waals surface area contributed by atoms with E-state index in [1.807, 2.05) is 0 Å². The van der Waals surface area contributed by atoms with Gasteiger partial charge in [-0.3, -0.25) is 14.9 Å². The molecule has 114 valence electrons. The molecule has 0 fully saturated rings. The molecule has 0 aliphatic heterocycles. The average Bonchev–Trinajstić information content (AvgIpc) is 2.49. The highest BCUT2D eigenvalue weighted by molar-refractivity contribution is 5.92. The average molecular weight is 304 g/mol. The lowest BCUT2D eigenvalue weighted by Gasteiger charge is -2.07. The fourth-order valence-electron chi connectivity index (χ4n) is 1.87. The van der Waals surface area contributed by atoms with E-state index in [1.54, 1.807) is 0 Å². The molecule has 7 heteroatoms. The number of anilines is 1. The molecule has 0 unspecified atom stereocenters. The Hall–Kier alpha value is -2.96. The van der Waals surface area contributed by atoms with Crippen LogP contribution in [-0.2, 0) is 11.2 Å². The molecule has 0 aromatic heterocycles. The molecule has 0 saturated carbocycles. The monoisotopic (exact) mass is 304 g/mol. The van der Waals surface area contributed by atoms with Crippen LogP contribution in [0.2, 0.25) is 0 Å². The normalized spacial score (nSPS) is 10.1. The molecule has 2 aromatic rings. The van der Waals surface area contributed by atoms with Crippen LogP contribution in [0.25, 0.3) is 0 Å². The van der Waals surface area contributed by atoms with E-state index < -0.39 is 4.92 Å². The third kappa shape index (κ3) is 4.02. The minimum Gasteiger partial charge on any atom is -0.496 e. The molecule has 1 amide bonds. The summed E-state index contributed by atoms with van der Waals surface area (Å²) in [5.74, 6) is -0.479. The van der Waals surface area contributed by atoms with Gasteiger partial charge >= 0.3 is 0 Å². The lowest BCUT2D eigenvalue weighted by atomic mass is 10.1. The summed E-state index contributed by atoms with van der Waals surface area (Å²) in [6, 6.07) is 9.51. The summed E-state index contributed by atoms with van der Waals surface area (Å²) >= 11 is 0. The van der Waals surface area contributed by atoms with Crippen molar-refractivity contribution in [3.63, 3.8) is 0 Å². The summed E-state index contributed by atoms with van der Waals surface area (Å²) in [6.45, 7) is 0. The second kappa shape index (κ2) is 6.66. The van der Waals surface area contributed by atoms with E-state index >= 15 is 0 Å². The Balaban J connectivity index is 2.12. The van der Waals surface area contributed by atoms with Crippen molar-refractivity contribution >= 4 is 17.3 Å². The molecule has 2 aromatic carbocycles. The predicted molar refractivity (Wildman–Crippen MR) is 78.4 cm³/mol. The molecule has 0 bridgehead atoms. The second-order valence-corrected chi connectivity index (χ2v) is 4.53. The van der Waals surface area contributed by atoms with Gasteiger partial charge in [0.15, 0.2) is 0 Å². The van der Waals surface area contributed by atoms with Crippen LogP contribution in [0.3, 0.4) is 0 Å². The van der Waals surface area contributed by atoms with E-state index in [0.717, 1.165) is 0 Å². The van der Waals surface area contributed by atoms with Gasteiger partial charge in [0.2, 0.25) is 5.91 Å². The molecular weight excluding hydrogens is 291 g/mol. The van der Waals surface area contributed by atoms with E-state index in [1.165, 1.54) is 49.6 Å². The number of nitro groups is 1. The molecule has 0 aliphatic rings. The van der Waals surface area contributed by atoms with Crippen molar-refractivity contribution in [2.45, 2.75) is 6.42 Å². The molecule has 22 heavy (non-hydrogen) atoms. The first-order valence-corrected chi connectivity index (χ1v) is 6.35. The number of nitro benzene ring substituents is 1. The molecule has 0 heterocycles. The molecule has 0 aliphatic carbocycles. The number of nitrogens with one attached hydrogen (secondary N) is 1. The maximum Gasteiger partial charge on any atom is 0.275 e. The van der Waals surface area contributed by atoms with E-state index in [0.29, 0.717) is 5.56 Å². The first kappa shape index (κ1) is 15.4. The zero-order valence-corrected chi connectivity index (χ0v) is 11.7. The number of carbonyl (C=O) groups is 1. The van der Waals surface area contributed by atoms with E-state index in [4.69, 9.17) is 4.74 Å². The van der Waals surface area contributed by atoms with Crippen molar-refractivity contribution in [3.05, 3.63) is 64.0 Å². The van der Waals surface area contributed by atoms with Gasteiger partial charge in [-0.05, 0) is 17.7 Å². The number of carbonyl (C=O) groups excluding carboxylic acids is 1. The number of methoxy groups -OCH3 is 1. The van der Waals surface area contributed by atoms with Crippen molar-refractivity contribution in [2.75, 3.05) is 12.4 Å². The van der Waals surface area contributed by atoms with Crippen LogP contribution in [0.1, 0.15) is 5.56 Å². The van der Waals surface area contributed by atoms with Gasteiger partial charge in [-0.1, -0.05) is 12.1 Å².